The zero-order valence-electron chi connectivity index (χ0n) is 16.2. The maximum atomic E-state index is 14.6. The fourth-order valence-corrected chi connectivity index (χ4v) is 3.28. The van der Waals surface area contributed by atoms with Gasteiger partial charge in [-0.2, -0.15) is 0 Å². The number of anilines is 1. The van der Waals surface area contributed by atoms with E-state index in [2.05, 4.69) is 20.3 Å². The van der Waals surface area contributed by atoms with Crippen molar-refractivity contribution in [2.24, 2.45) is 0 Å². The monoisotopic (exact) mass is 401 g/mol. The summed E-state index contributed by atoms with van der Waals surface area (Å²) in [4.78, 5) is 25.3. The van der Waals surface area contributed by atoms with E-state index in [1.807, 2.05) is 24.4 Å². The SMILES string of the molecule is Cc1nc(C)c(C(=O)Nc2ccc(F)c(-c3cn4cc(C5=CC=C5)cnc4n3)c2)o1. The highest BCUT2D eigenvalue weighted by molar-refractivity contribution is 6.03. The van der Waals surface area contributed by atoms with Crippen LogP contribution in [-0.2, 0) is 0 Å². The second-order valence-electron chi connectivity index (χ2n) is 6.95. The molecule has 1 N–H and O–H groups in total. The van der Waals surface area contributed by atoms with Crippen LogP contribution in [0.5, 0.6) is 0 Å². The van der Waals surface area contributed by atoms with Crippen molar-refractivity contribution in [1.29, 1.82) is 0 Å². The van der Waals surface area contributed by atoms with Crippen LogP contribution in [0.15, 0.2) is 59.4 Å². The minimum atomic E-state index is -0.451. The Bertz CT molecular complexity index is 1380. The van der Waals surface area contributed by atoms with Crippen LogP contribution in [0.25, 0.3) is 22.6 Å². The molecule has 8 heteroatoms. The van der Waals surface area contributed by atoms with Crippen LogP contribution in [0.3, 0.4) is 0 Å². The van der Waals surface area contributed by atoms with Crippen LogP contribution in [0.4, 0.5) is 10.1 Å². The quantitative estimate of drug-likeness (QED) is 0.550. The molecule has 0 radical (unpaired) electrons. The highest BCUT2D eigenvalue weighted by Gasteiger charge is 2.18. The van der Waals surface area contributed by atoms with Crippen molar-refractivity contribution >= 4 is 22.9 Å². The standard InChI is InChI=1S/C22H16FN5O2/c1-12-20(30-13(2)25-12)21(29)26-16-6-7-18(23)17(8-16)19-11-28-10-15(14-4-3-5-14)9-24-22(28)27-19/h3-11H,1-2H3,(H,26,29). The first-order chi connectivity index (χ1) is 14.5. The van der Waals surface area contributed by atoms with E-state index < -0.39 is 11.7 Å². The number of carbonyl (C=O) groups is 1. The molecule has 0 spiro atoms. The van der Waals surface area contributed by atoms with E-state index in [0.29, 0.717) is 28.7 Å². The van der Waals surface area contributed by atoms with Crippen molar-refractivity contribution in [2.75, 3.05) is 5.32 Å². The van der Waals surface area contributed by atoms with E-state index in [1.165, 1.54) is 18.2 Å². The van der Waals surface area contributed by atoms with Gasteiger partial charge in [-0.15, -0.1) is 0 Å². The van der Waals surface area contributed by atoms with Gasteiger partial charge in [-0.25, -0.2) is 19.3 Å². The van der Waals surface area contributed by atoms with Gasteiger partial charge in [-0.1, -0.05) is 18.2 Å². The van der Waals surface area contributed by atoms with Crippen LogP contribution in [0.1, 0.15) is 27.7 Å². The molecule has 0 unspecified atom stereocenters. The molecular formula is C22H16FN5O2. The zero-order valence-corrected chi connectivity index (χ0v) is 16.2. The summed E-state index contributed by atoms with van der Waals surface area (Å²) in [5, 5.41) is 2.72. The van der Waals surface area contributed by atoms with Gasteiger partial charge in [0.05, 0.1) is 11.4 Å². The largest absolute Gasteiger partial charge is 0.436 e. The first kappa shape index (κ1) is 18.0. The summed E-state index contributed by atoms with van der Waals surface area (Å²) in [6.07, 6.45) is 11.3. The lowest BCUT2D eigenvalue weighted by molar-refractivity contribution is 0.0994. The Morgan fingerprint density at radius 3 is 2.73 bits per heavy atom. The fourth-order valence-electron chi connectivity index (χ4n) is 3.28. The number of allylic oxidation sites excluding steroid dienone is 4. The average Bonchev–Trinajstić information content (AvgIpc) is 3.24. The third-order valence-electron chi connectivity index (χ3n) is 4.80. The molecule has 3 aromatic heterocycles. The summed E-state index contributed by atoms with van der Waals surface area (Å²) in [6.45, 7) is 3.36. The van der Waals surface area contributed by atoms with Gasteiger partial charge in [0.15, 0.2) is 5.89 Å². The predicted molar refractivity (Wildman–Crippen MR) is 109 cm³/mol. The second kappa shape index (κ2) is 6.77. The van der Waals surface area contributed by atoms with E-state index in [4.69, 9.17) is 4.42 Å². The summed E-state index contributed by atoms with van der Waals surface area (Å²) >= 11 is 0. The Morgan fingerprint density at radius 2 is 2.03 bits per heavy atom. The number of oxazole rings is 1. The van der Waals surface area contributed by atoms with E-state index >= 15 is 0 Å². The van der Waals surface area contributed by atoms with Crippen LogP contribution >= 0.6 is 0 Å². The van der Waals surface area contributed by atoms with Crippen LogP contribution in [0, 0.1) is 19.7 Å². The van der Waals surface area contributed by atoms with Crippen LogP contribution < -0.4 is 5.32 Å². The molecular weight excluding hydrogens is 385 g/mol. The highest BCUT2D eigenvalue weighted by atomic mass is 19.1. The fraction of sp³-hybridized carbons (Fsp3) is 0.0909. The first-order valence-corrected chi connectivity index (χ1v) is 9.27. The maximum Gasteiger partial charge on any atom is 0.293 e. The summed E-state index contributed by atoms with van der Waals surface area (Å²) in [5.74, 6) is 0.0883. The van der Waals surface area contributed by atoms with Gasteiger partial charge < -0.3 is 9.73 Å². The number of aryl methyl sites for hydroxylation is 2. The smallest absolute Gasteiger partial charge is 0.293 e. The minimum absolute atomic E-state index is 0.127. The second-order valence-corrected chi connectivity index (χ2v) is 6.95. The Labute approximate surface area is 170 Å². The molecule has 0 atom stereocenters. The van der Waals surface area contributed by atoms with Gasteiger partial charge in [0.25, 0.3) is 5.91 Å². The number of carbonyl (C=O) groups excluding carboxylic acids is 1. The lowest BCUT2D eigenvalue weighted by atomic mass is 10.0. The Hall–Kier alpha value is -4.07. The molecule has 1 amide bonds. The number of aromatic nitrogens is 4. The topological polar surface area (TPSA) is 85.3 Å². The molecule has 1 aliphatic carbocycles. The lowest BCUT2D eigenvalue weighted by Crippen LogP contribution is -2.12. The third kappa shape index (κ3) is 3.08. The van der Waals surface area contributed by atoms with E-state index in [0.717, 1.165) is 11.1 Å². The van der Waals surface area contributed by atoms with Crippen LogP contribution in [-0.4, -0.2) is 25.3 Å². The number of halogens is 1. The molecule has 0 bridgehead atoms. The molecule has 148 valence electrons. The molecule has 1 aliphatic rings. The van der Waals surface area contributed by atoms with Gasteiger partial charge >= 0.3 is 0 Å². The van der Waals surface area contributed by atoms with Crippen molar-refractivity contribution in [2.45, 2.75) is 13.8 Å². The van der Waals surface area contributed by atoms with Crippen LogP contribution in [0.2, 0.25) is 0 Å². The maximum absolute atomic E-state index is 14.6. The Morgan fingerprint density at radius 1 is 1.20 bits per heavy atom. The van der Waals surface area contributed by atoms with E-state index in [9.17, 15) is 9.18 Å². The summed E-state index contributed by atoms with van der Waals surface area (Å²) < 4.78 is 21.6. The molecule has 7 nitrogen and oxygen atoms in total. The summed E-state index contributed by atoms with van der Waals surface area (Å²) in [5.41, 5.74) is 3.61. The number of hydrogen-bond acceptors (Lipinski definition) is 5. The number of hydrogen-bond donors (Lipinski definition) is 1. The number of rotatable bonds is 4. The van der Waals surface area contributed by atoms with E-state index in [-0.39, 0.29) is 11.3 Å². The molecule has 30 heavy (non-hydrogen) atoms. The molecule has 3 heterocycles. The molecule has 0 aliphatic heterocycles. The Kier molecular flexibility index (Phi) is 4.06. The first-order valence-electron chi connectivity index (χ1n) is 9.27. The predicted octanol–water partition coefficient (Wildman–Crippen LogP) is 4.35. The third-order valence-corrected chi connectivity index (χ3v) is 4.80. The molecule has 0 saturated carbocycles. The minimum Gasteiger partial charge on any atom is -0.436 e. The van der Waals surface area contributed by atoms with Crippen molar-refractivity contribution in [3.8, 4) is 11.3 Å². The number of fused-ring (bicyclic) bond motifs is 1. The summed E-state index contributed by atoms with van der Waals surface area (Å²) in [7, 11) is 0. The normalized spacial score (nSPS) is 12.7. The molecule has 0 saturated heterocycles. The van der Waals surface area contributed by atoms with Crippen molar-refractivity contribution in [3.63, 3.8) is 0 Å². The zero-order chi connectivity index (χ0) is 20.8. The van der Waals surface area contributed by atoms with Gasteiger partial charge in [-0.05, 0) is 30.7 Å². The van der Waals surface area contributed by atoms with Gasteiger partial charge in [0.1, 0.15) is 5.82 Å². The van der Waals surface area contributed by atoms with E-state index in [1.54, 1.807) is 30.6 Å². The van der Waals surface area contributed by atoms with Gasteiger partial charge in [0.2, 0.25) is 11.5 Å². The molecule has 5 rings (SSSR count). The lowest BCUT2D eigenvalue weighted by Gasteiger charge is -2.06. The average molecular weight is 401 g/mol. The summed E-state index contributed by atoms with van der Waals surface area (Å²) in [6, 6.07) is 4.30. The number of amides is 1. The highest BCUT2D eigenvalue weighted by Crippen LogP contribution is 2.27. The molecule has 0 fully saturated rings. The number of nitrogens with zero attached hydrogens (tertiary/aromatic N) is 4. The van der Waals surface area contributed by atoms with Crippen molar-refractivity contribution in [1.82, 2.24) is 19.4 Å². The number of imidazole rings is 1. The van der Waals surface area contributed by atoms with Gasteiger partial charge in [0, 0.05) is 42.3 Å². The number of nitrogens with one attached hydrogen (secondary N) is 1. The molecule has 4 aromatic rings. The van der Waals surface area contributed by atoms with Gasteiger partial charge in [-0.3, -0.25) is 9.20 Å². The van der Waals surface area contributed by atoms with Crippen molar-refractivity contribution in [3.05, 3.63) is 83.7 Å². The number of benzene rings is 1. The molecule has 1 aromatic carbocycles. The van der Waals surface area contributed by atoms with Crippen molar-refractivity contribution < 1.29 is 13.6 Å². The Balaban J connectivity index is 1.47.